The van der Waals surface area contributed by atoms with E-state index in [0.29, 0.717) is 5.69 Å². The van der Waals surface area contributed by atoms with Crippen molar-refractivity contribution in [2.75, 3.05) is 0 Å². The van der Waals surface area contributed by atoms with Crippen molar-refractivity contribution in [1.82, 2.24) is 15.5 Å². The molecule has 0 aliphatic carbocycles. The molecule has 3 rings (SSSR count). The summed E-state index contributed by atoms with van der Waals surface area (Å²) in [5.41, 5.74) is 3.13. The van der Waals surface area contributed by atoms with E-state index in [1.54, 1.807) is 12.1 Å². The minimum Gasteiger partial charge on any atom is -0.340 e. The van der Waals surface area contributed by atoms with Crippen molar-refractivity contribution in [3.05, 3.63) is 52.6 Å². The lowest BCUT2D eigenvalue weighted by Crippen LogP contribution is -2.21. The third-order valence-corrected chi connectivity index (χ3v) is 3.39. The molecule has 4 nitrogen and oxygen atoms in total. The quantitative estimate of drug-likeness (QED) is 0.870. The lowest BCUT2D eigenvalue weighted by molar-refractivity contribution is 0.0955. The summed E-state index contributed by atoms with van der Waals surface area (Å²) in [6.45, 7) is 4.08. The second kappa shape index (κ2) is 4.19. The first-order chi connectivity index (χ1) is 9.08. The van der Waals surface area contributed by atoms with Crippen LogP contribution in [0.2, 0.25) is 0 Å². The number of amides is 1. The van der Waals surface area contributed by atoms with Crippen LogP contribution >= 0.6 is 0 Å². The van der Waals surface area contributed by atoms with E-state index >= 15 is 0 Å². The van der Waals surface area contributed by atoms with Crippen LogP contribution in [0.3, 0.4) is 0 Å². The van der Waals surface area contributed by atoms with Crippen LogP contribution < -0.4 is 5.32 Å². The van der Waals surface area contributed by atoms with Gasteiger partial charge < -0.3 is 5.32 Å². The van der Waals surface area contributed by atoms with Crippen molar-refractivity contribution >= 4 is 5.91 Å². The summed E-state index contributed by atoms with van der Waals surface area (Å²) in [6.07, 6.45) is 0. The smallest absolute Gasteiger partial charge is 0.272 e. The number of carbonyl (C=O) groups excluding carboxylic acids is 1. The van der Waals surface area contributed by atoms with E-state index in [9.17, 15) is 9.18 Å². The fourth-order valence-electron chi connectivity index (χ4n) is 2.45. The third kappa shape index (κ3) is 1.82. The monoisotopic (exact) mass is 259 g/mol. The number of hydrogen-bond acceptors (Lipinski definition) is 2. The first-order valence-electron chi connectivity index (χ1n) is 6.22. The Hall–Kier alpha value is -2.17. The topological polar surface area (TPSA) is 57.8 Å². The van der Waals surface area contributed by atoms with Gasteiger partial charge in [-0.3, -0.25) is 9.89 Å². The first-order valence-corrected chi connectivity index (χ1v) is 6.22. The van der Waals surface area contributed by atoms with Crippen LogP contribution in [0.25, 0.3) is 0 Å². The number of aromatic nitrogens is 2. The summed E-state index contributed by atoms with van der Waals surface area (Å²) in [6, 6.07) is 5.92. The molecule has 1 amide bonds. The Morgan fingerprint density at radius 2 is 1.95 bits per heavy atom. The molecule has 0 radical (unpaired) electrons. The van der Waals surface area contributed by atoms with Gasteiger partial charge >= 0.3 is 0 Å². The molecule has 2 N–H and O–H groups in total. The van der Waals surface area contributed by atoms with E-state index in [1.165, 1.54) is 12.1 Å². The zero-order valence-corrected chi connectivity index (χ0v) is 10.7. The van der Waals surface area contributed by atoms with E-state index in [2.05, 4.69) is 15.5 Å². The maximum atomic E-state index is 13.0. The number of aromatic amines is 1. The lowest BCUT2D eigenvalue weighted by atomic mass is 9.95. The summed E-state index contributed by atoms with van der Waals surface area (Å²) in [4.78, 5) is 11.9. The number of benzene rings is 1. The van der Waals surface area contributed by atoms with Crippen molar-refractivity contribution in [2.24, 2.45) is 0 Å². The van der Waals surface area contributed by atoms with Crippen molar-refractivity contribution in [3.8, 4) is 0 Å². The van der Waals surface area contributed by atoms with E-state index in [-0.39, 0.29) is 23.7 Å². The highest BCUT2D eigenvalue weighted by Crippen LogP contribution is 2.34. The normalized spacial score (nSPS) is 17.7. The maximum Gasteiger partial charge on any atom is 0.272 e. The highest BCUT2D eigenvalue weighted by atomic mass is 19.1. The van der Waals surface area contributed by atoms with Crippen molar-refractivity contribution in [1.29, 1.82) is 0 Å². The highest BCUT2D eigenvalue weighted by Gasteiger charge is 2.35. The molecule has 1 aliphatic heterocycles. The summed E-state index contributed by atoms with van der Waals surface area (Å²) in [5, 5.41) is 9.90. The van der Waals surface area contributed by atoms with Gasteiger partial charge in [-0.25, -0.2) is 4.39 Å². The molecule has 1 aliphatic rings. The largest absolute Gasteiger partial charge is 0.340 e. The highest BCUT2D eigenvalue weighted by molar-refractivity contribution is 5.98. The lowest BCUT2D eigenvalue weighted by Gasteiger charge is -2.14. The molecule has 0 spiro atoms. The molecule has 19 heavy (non-hydrogen) atoms. The second-order valence-electron chi connectivity index (χ2n) is 5.01. The van der Waals surface area contributed by atoms with Gasteiger partial charge in [-0.15, -0.1) is 0 Å². The summed E-state index contributed by atoms with van der Waals surface area (Å²) in [5.74, 6) is -0.232. The molecule has 1 unspecified atom stereocenters. The van der Waals surface area contributed by atoms with Crippen LogP contribution in [-0.2, 0) is 0 Å². The van der Waals surface area contributed by atoms with Gasteiger partial charge in [0.15, 0.2) is 5.69 Å². The van der Waals surface area contributed by atoms with Gasteiger partial charge in [-0.1, -0.05) is 26.0 Å². The minimum absolute atomic E-state index is 0.188. The molecule has 0 saturated heterocycles. The van der Waals surface area contributed by atoms with Gasteiger partial charge in [0, 0.05) is 11.3 Å². The van der Waals surface area contributed by atoms with Crippen molar-refractivity contribution in [3.63, 3.8) is 0 Å². The number of fused-ring (bicyclic) bond motifs is 1. The summed E-state index contributed by atoms with van der Waals surface area (Å²) >= 11 is 0. The Kier molecular flexibility index (Phi) is 2.62. The SMILES string of the molecule is CC(C)c1[nH]nc2c1C(c1ccc(F)cc1)NC2=O. The van der Waals surface area contributed by atoms with Gasteiger partial charge in [0.25, 0.3) is 5.91 Å². The number of H-pyrrole nitrogens is 1. The van der Waals surface area contributed by atoms with Gasteiger partial charge in [-0.2, -0.15) is 5.10 Å². The Morgan fingerprint density at radius 1 is 1.26 bits per heavy atom. The third-order valence-electron chi connectivity index (χ3n) is 3.39. The molecule has 1 aromatic carbocycles. The van der Waals surface area contributed by atoms with E-state index in [1.807, 2.05) is 13.8 Å². The molecule has 98 valence electrons. The Labute approximate surface area is 110 Å². The number of hydrogen-bond donors (Lipinski definition) is 2. The van der Waals surface area contributed by atoms with Crippen LogP contribution in [-0.4, -0.2) is 16.1 Å². The van der Waals surface area contributed by atoms with E-state index in [0.717, 1.165) is 16.8 Å². The van der Waals surface area contributed by atoms with E-state index < -0.39 is 0 Å². The Bertz CT molecular complexity index is 631. The molecular weight excluding hydrogens is 245 g/mol. The van der Waals surface area contributed by atoms with Crippen LogP contribution in [0.1, 0.15) is 53.1 Å². The molecule has 0 saturated carbocycles. The minimum atomic E-state index is -0.287. The number of carbonyl (C=O) groups is 1. The number of rotatable bonds is 2. The predicted octanol–water partition coefficient (Wildman–Crippen LogP) is 2.50. The molecule has 5 heteroatoms. The molecule has 0 bridgehead atoms. The second-order valence-corrected chi connectivity index (χ2v) is 5.01. The standard InChI is InChI=1S/C14H14FN3O/c1-7(2)11-10-12(8-3-5-9(15)6-4-8)16-14(19)13(10)18-17-11/h3-7,12H,1-2H3,(H,16,19)(H,17,18). The maximum absolute atomic E-state index is 13.0. The van der Waals surface area contributed by atoms with Crippen molar-refractivity contribution in [2.45, 2.75) is 25.8 Å². The summed E-state index contributed by atoms with van der Waals surface area (Å²) in [7, 11) is 0. The predicted molar refractivity (Wildman–Crippen MR) is 68.4 cm³/mol. The Balaban J connectivity index is 2.10. The fraction of sp³-hybridized carbons (Fsp3) is 0.286. The first kappa shape index (κ1) is 11.9. The average molecular weight is 259 g/mol. The van der Waals surface area contributed by atoms with Gasteiger partial charge in [0.05, 0.1) is 6.04 Å². The molecule has 0 fully saturated rings. The molecule has 2 aromatic rings. The van der Waals surface area contributed by atoms with Crippen molar-refractivity contribution < 1.29 is 9.18 Å². The average Bonchev–Trinajstić information content (AvgIpc) is 2.92. The molecule has 2 heterocycles. The zero-order chi connectivity index (χ0) is 13.6. The Morgan fingerprint density at radius 3 is 2.58 bits per heavy atom. The summed E-state index contributed by atoms with van der Waals surface area (Å²) < 4.78 is 13.0. The van der Waals surface area contributed by atoms with Gasteiger partial charge in [0.1, 0.15) is 5.82 Å². The molecular formula is C14H14FN3O. The molecule has 1 atom stereocenters. The van der Waals surface area contributed by atoms with Crippen LogP contribution in [0.5, 0.6) is 0 Å². The fourth-order valence-corrected chi connectivity index (χ4v) is 2.45. The van der Waals surface area contributed by atoms with Crippen LogP contribution in [0.15, 0.2) is 24.3 Å². The zero-order valence-electron chi connectivity index (χ0n) is 10.7. The number of nitrogens with one attached hydrogen (secondary N) is 2. The molecule has 1 aromatic heterocycles. The van der Waals surface area contributed by atoms with Crippen LogP contribution in [0, 0.1) is 5.82 Å². The number of halogens is 1. The van der Waals surface area contributed by atoms with E-state index in [4.69, 9.17) is 0 Å². The van der Waals surface area contributed by atoms with Gasteiger partial charge in [-0.05, 0) is 23.6 Å². The number of nitrogens with zero attached hydrogens (tertiary/aromatic N) is 1. The van der Waals surface area contributed by atoms with Crippen LogP contribution in [0.4, 0.5) is 4.39 Å². The van der Waals surface area contributed by atoms with Gasteiger partial charge in [0.2, 0.25) is 0 Å².